The monoisotopic (exact) mass is 515 g/mol. The lowest BCUT2D eigenvalue weighted by Gasteiger charge is -2.23. The number of Topliss-reactive ketones (excluding diaryl/α,β-unsaturated/α-hetero) is 1. The molecule has 2 heterocycles. The van der Waals surface area contributed by atoms with Gasteiger partial charge in [0.1, 0.15) is 19.0 Å². The molecule has 3 atom stereocenters. The second-order valence-electron chi connectivity index (χ2n) is 8.92. The Morgan fingerprint density at radius 1 is 1.19 bits per heavy atom. The van der Waals surface area contributed by atoms with Gasteiger partial charge in [-0.3, -0.25) is 24.2 Å². The van der Waals surface area contributed by atoms with Crippen molar-refractivity contribution in [2.75, 3.05) is 19.8 Å². The number of carbonyl (C=O) groups excluding carboxylic acids is 4. The van der Waals surface area contributed by atoms with Gasteiger partial charge in [0.05, 0.1) is 12.1 Å². The molecule has 1 aromatic rings. The molecule has 0 aromatic heterocycles. The van der Waals surface area contributed by atoms with E-state index in [-0.39, 0.29) is 43.0 Å². The molecular weight excluding hydrogens is 478 g/mol. The van der Waals surface area contributed by atoms with E-state index < -0.39 is 18.0 Å². The Bertz CT molecular complexity index is 959. The Hall–Kier alpha value is -3.89. The van der Waals surface area contributed by atoms with Crippen molar-refractivity contribution >= 4 is 30.0 Å². The average molecular weight is 516 g/mol. The van der Waals surface area contributed by atoms with Gasteiger partial charge in [-0.15, -0.1) is 0 Å². The van der Waals surface area contributed by atoms with E-state index in [4.69, 9.17) is 20.9 Å². The molecule has 0 fully saturated rings. The molecule has 1 aromatic carbocycles. The number of benzene rings is 1. The Balaban J connectivity index is 2.28. The molecule has 3 rings (SSSR count). The van der Waals surface area contributed by atoms with Crippen molar-refractivity contribution in [3.05, 3.63) is 42.0 Å². The van der Waals surface area contributed by atoms with Crippen molar-refractivity contribution in [3.63, 3.8) is 0 Å². The number of unbranched alkanes of at least 4 members (excludes halogenated alkanes) is 1. The third-order valence-corrected chi connectivity index (χ3v) is 5.85. The van der Waals surface area contributed by atoms with Crippen molar-refractivity contribution in [2.24, 2.45) is 22.4 Å². The zero-order valence-corrected chi connectivity index (χ0v) is 21.2. The van der Waals surface area contributed by atoms with Crippen LogP contribution in [-0.4, -0.2) is 61.9 Å². The summed E-state index contributed by atoms with van der Waals surface area (Å²) in [5, 5.41) is 5.63. The van der Waals surface area contributed by atoms with E-state index in [0.29, 0.717) is 51.1 Å². The highest BCUT2D eigenvalue weighted by molar-refractivity contribution is 5.92. The molecule has 11 nitrogen and oxygen atoms in total. The maximum atomic E-state index is 13.3. The van der Waals surface area contributed by atoms with Crippen LogP contribution < -0.4 is 26.8 Å². The molecule has 0 aliphatic carbocycles. The van der Waals surface area contributed by atoms with Gasteiger partial charge in [-0.05, 0) is 43.4 Å². The second-order valence-corrected chi connectivity index (χ2v) is 8.92. The highest BCUT2D eigenvalue weighted by Crippen LogP contribution is 2.19. The number of nitrogens with zero attached hydrogens (tertiary/aromatic N) is 1. The van der Waals surface area contributed by atoms with Gasteiger partial charge in [0.15, 0.2) is 11.7 Å². The number of nitrogens with one attached hydrogen (secondary N) is 2. The summed E-state index contributed by atoms with van der Waals surface area (Å²) in [4.78, 5) is 53.2. The minimum absolute atomic E-state index is 0.00362. The molecule has 37 heavy (non-hydrogen) atoms. The summed E-state index contributed by atoms with van der Waals surface area (Å²) in [6, 6.07) is 6.05. The van der Waals surface area contributed by atoms with Crippen molar-refractivity contribution < 1.29 is 28.7 Å². The molecule has 2 bridgehead atoms. The number of aliphatic imine (C=N–C) groups is 1. The van der Waals surface area contributed by atoms with Gasteiger partial charge in [-0.1, -0.05) is 30.7 Å². The predicted octanol–water partition coefficient (Wildman–Crippen LogP) is 0.749. The lowest BCUT2D eigenvalue weighted by atomic mass is 9.90. The van der Waals surface area contributed by atoms with Crippen LogP contribution in [0.2, 0.25) is 0 Å². The van der Waals surface area contributed by atoms with Gasteiger partial charge in [-0.25, -0.2) is 0 Å². The number of amides is 2. The number of ether oxygens (including phenoxy) is 2. The number of hydrogen-bond acceptors (Lipinski definition) is 7. The van der Waals surface area contributed by atoms with Crippen LogP contribution >= 0.6 is 0 Å². The lowest BCUT2D eigenvalue weighted by molar-refractivity contribution is -0.134. The number of rotatable bonds is 9. The molecule has 0 unspecified atom stereocenters. The fraction of sp³-hybridized carbons (Fsp3) is 0.500. The van der Waals surface area contributed by atoms with E-state index in [2.05, 4.69) is 15.6 Å². The van der Waals surface area contributed by atoms with E-state index in [1.165, 1.54) is 6.92 Å². The molecule has 6 N–H and O–H groups in total. The maximum absolute atomic E-state index is 13.3. The second kappa shape index (κ2) is 16.0. The van der Waals surface area contributed by atoms with Crippen LogP contribution in [0, 0.1) is 5.92 Å². The van der Waals surface area contributed by atoms with E-state index in [9.17, 15) is 19.2 Å². The molecule has 0 saturated heterocycles. The molecule has 2 aliphatic rings. The van der Waals surface area contributed by atoms with Crippen LogP contribution in [0.4, 0.5) is 0 Å². The van der Waals surface area contributed by atoms with Gasteiger partial charge < -0.3 is 31.6 Å². The van der Waals surface area contributed by atoms with Crippen LogP contribution in [0.3, 0.4) is 0 Å². The number of carbonyl (C=O) groups is 4. The lowest BCUT2D eigenvalue weighted by Crippen LogP contribution is -2.45. The number of ketones is 1. The van der Waals surface area contributed by atoms with Gasteiger partial charge in [0, 0.05) is 25.8 Å². The first-order chi connectivity index (χ1) is 17.8. The predicted molar refractivity (Wildman–Crippen MR) is 139 cm³/mol. The quantitative estimate of drug-likeness (QED) is 0.122. The third-order valence-electron chi connectivity index (χ3n) is 5.85. The fourth-order valence-corrected chi connectivity index (χ4v) is 3.99. The van der Waals surface area contributed by atoms with Crippen molar-refractivity contribution in [3.8, 4) is 5.75 Å². The largest absolute Gasteiger partial charge is 0.490 e. The van der Waals surface area contributed by atoms with Crippen molar-refractivity contribution in [1.29, 1.82) is 0 Å². The Morgan fingerprint density at radius 2 is 1.95 bits per heavy atom. The van der Waals surface area contributed by atoms with Crippen LogP contribution in [0.5, 0.6) is 5.75 Å². The molecule has 2 amide bonds. The summed E-state index contributed by atoms with van der Waals surface area (Å²) in [6.07, 6.45) is 5.96. The molecular formula is C26H37N5O6. The smallest absolute Gasteiger partial charge is 0.293 e. The first-order valence-electron chi connectivity index (χ1n) is 12.4. The Kier molecular flexibility index (Phi) is 12.7. The Labute approximate surface area is 217 Å². The minimum atomic E-state index is -0.784. The summed E-state index contributed by atoms with van der Waals surface area (Å²) in [7, 11) is 0. The maximum Gasteiger partial charge on any atom is 0.293 e. The number of fused-ring (bicyclic) bond motifs is 13. The zero-order valence-electron chi connectivity index (χ0n) is 21.2. The van der Waals surface area contributed by atoms with Crippen molar-refractivity contribution in [2.45, 2.75) is 57.5 Å². The average Bonchev–Trinajstić information content (AvgIpc) is 2.85. The Morgan fingerprint density at radius 3 is 2.62 bits per heavy atom. The topological polar surface area (TPSA) is 175 Å². The highest BCUT2D eigenvalue weighted by atomic mass is 16.5. The van der Waals surface area contributed by atoms with Gasteiger partial charge in [0.25, 0.3) is 6.47 Å². The summed E-state index contributed by atoms with van der Waals surface area (Å²) in [5.41, 5.74) is 11.6. The van der Waals surface area contributed by atoms with Crippen molar-refractivity contribution in [1.82, 2.24) is 10.6 Å². The molecule has 202 valence electrons. The van der Waals surface area contributed by atoms with Gasteiger partial charge >= 0.3 is 0 Å². The zero-order chi connectivity index (χ0) is 27.0. The summed E-state index contributed by atoms with van der Waals surface area (Å²) in [5.74, 6) is -0.892. The number of guanidine groups is 1. The standard InChI is InChI=1S/C26H37N5O6/c1-18(33)30-23-14-19-8-10-22(11-9-19)37-13-5-3-7-21(16-36-17-32)31-25(35)20(15-24(23)34)6-2-4-12-29-26(27)28/h3,5,8-11,17,20-21,23H,2,4,6-7,12-16H2,1H3,(H,30,33)(H,31,35)(H4,27,28,29)/t20-,21+,23+/m1/s1. The number of nitrogens with two attached hydrogens (primary N) is 2. The van der Waals surface area contributed by atoms with Crippen LogP contribution in [-0.2, 0) is 30.3 Å². The highest BCUT2D eigenvalue weighted by Gasteiger charge is 2.28. The SMILES string of the molecule is CC(=O)N[C@H]1Cc2ccc(cc2)OCC=CC[C@@H](COC=O)NC(=O)[C@H](CCCCN=C(N)N)CC1=O. The van der Waals surface area contributed by atoms with E-state index in [1.54, 1.807) is 0 Å². The van der Waals surface area contributed by atoms with Gasteiger partial charge in [-0.2, -0.15) is 0 Å². The first kappa shape index (κ1) is 29.3. The van der Waals surface area contributed by atoms with E-state index in [1.807, 2.05) is 36.4 Å². The van der Waals surface area contributed by atoms with E-state index >= 15 is 0 Å². The molecule has 2 aliphatic heterocycles. The van der Waals surface area contributed by atoms with Gasteiger partial charge in [0.2, 0.25) is 11.8 Å². The summed E-state index contributed by atoms with van der Waals surface area (Å²) in [6.45, 7) is 2.40. The minimum Gasteiger partial charge on any atom is -0.490 e. The molecule has 0 saturated carbocycles. The molecule has 0 radical (unpaired) electrons. The fourth-order valence-electron chi connectivity index (χ4n) is 3.99. The number of hydrogen-bond donors (Lipinski definition) is 4. The normalized spacial score (nSPS) is 20.7. The van der Waals surface area contributed by atoms with E-state index in [0.717, 1.165) is 5.56 Å². The van der Waals surface area contributed by atoms with Crippen LogP contribution in [0.25, 0.3) is 0 Å². The third kappa shape index (κ3) is 11.6. The van der Waals surface area contributed by atoms with Crippen LogP contribution in [0.1, 0.15) is 44.6 Å². The summed E-state index contributed by atoms with van der Waals surface area (Å²) >= 11 is 0. The summed E-state index contributed by atoms with van der Waals surface area (Å²) < 4.78 is 10.6. The molecule has 0 spiro atoms. The molecule has 11 heteroatoms. The first-order valence-corrected chi connectivity index (χ1v) is 12.4. The van der Waals surface area contributed by atoms with Crippen LogP contribution in [0.15, 0.2) is 41.4 Å².